The molecule has 2 heteroatoms. The highest BCUT2D eigenvalue weighted by atomic mass is 16.5. The summed E-state index contributed by atoms with van der Waals surface area (Å²) in [6.45, 7) is 4.46. The van der Waals surface area contributed by atoms with E-state index < -0.39 is 0 Å². The fraction of sp³-hybridized carbons (Fsp3) is 0.900. The lowest BCUT2D eigenvalue weighted by molar-refractivity contribution is -0.178. The zero-order chi connectivity index (χ0) is 8.77. The average Bonchev–Trinajstić information content (AvgIpc) is 1.92. The molecule has 2 unspecified atom stereocenters. The van der Waals surface area contributed by atoms with Crippen molar-refractivity contribution in [3.05, 3.63) is 0 Å². The second-order valence-corrected chi connectivity index (χ2v) is 4.63. The Morgan fingerprint density at radius 3 is 2.83 bits per heavy atom. The first-order chi connectivity index (χ1) is 5.60. The molecule has 68 valence electrons. The minimum Gasteiger partial charge on any atom is -0.462 e. The maximum absolute atomic E-state index is 11.1. The molecule has 2 bridgehead atoms. The monoisotopic (exact) mass is 168 g/mol. The van der Waals surface area contributed by atoms with E-state index in [0.717, 1.165) is 6.42 Å². The molecule has 2 nitrogen and oxygen atoms in total. The van der Waals surface area contributed by atoms with Crippen molar-refractivity contribution in [2.45, 2.75) is 45.6 Å². The predicted molar refractivity (Wildman–Crippen MR) is 45.6 cm³/mol. The lowest BCUT2D eigenvalue weighted by Gasteiger charge is -2.47. The quantitative estimate of drug-likeness (QED) is 0.518. The Hall–Kier alpha value is -0.530. The molecule has 0 radical (unpaired) electrons. The summed E-state index contributed by atoms with van der Waals surface area (Å²) in [5, 5.41) is 0. The van der Waals surface area contributed by atoms with Gasteiger partial charge in [0, 0.05) is 11.8 Å². The number of carbonyl (C=O) groups excluding carboxylic acids is 1. The van der Waals surface area contributed by atoms with Crippen molar-refractivity contribution in [1.82, 2.24) is 0 Å². The zero-order valence-electron chi connectivity index (χ0n) is 7.80. The van der Waals surface area contributed by atoms with Crippen LogP contribution in [0.25, 0.3) is 0 Å². The van der Waals surface area contributed by atoms with Crippen molar-refractivity contribution in [2.24, 2.45) is 11.3 Å². The second kappa shape index (κ2) is 2.48. The van der Waals surface area contributed by atoms with E-state index in [1.165, 1.54) is 12.8 Å². The van der Waals surface area contributed by atoms with Gasteiger partial charge in [0.1, 0.15) is 6.10 Å². The summed E-state index contributed by atoms with van der Waals surface area (Å²) in [6, 6.07) is 0. The number of rotatable bonds is 0. The van der Waals surface area contributed by atoms with Crippen LogP contribution in [0, 0.1) is 11.3 Å². The van der Waals surface area contributed by atoms with E-state index in [0.29, 0.717) is 12.3 Å². The predicted octanol–water partition coefficient (Wildman–Crippen LogP) is 2.13. The van der Waals surface area contributed by atoms with E-state index >= 15 is 0 Å². The van der Waals surface area contributed by atoms with Gasteiger partial charge in [-0.25, -0.2) is 0 Å². The molecule has 0 aromatic heterocycles. The number of esters is 1. The first-order valence-electron chi connectivity index (χ1n) is 4.80. The van der Waals surface area contributed by atoms with Gasteiger partial charge in [-0.1, -0.05) is 13.8 Å². The van der Waals surface area contributed by atoms with E-state index in [1.54, 1.807) is 0 Å². The van der Waals surface area contributed by atoms with Crippen molar-refractivity contribution < 1.29 is 9.53 Å². The van der Waals surface area contributed by atoms with Gasteiger partial charge in [0.25, 0.3) is 0 Å². The summed E-state index contributed by atoms with van der Waals surface area (Å²) in [5.74, 6) is 0.585. The Balaban J connectivity index is 2.23. The Morgan fingerprint density at radius 1 is 1.42 bits per heavy atom. The Kier molecular flexibility index (Phi) is 1.67. The third-order valence-electron chi connectivity index (χ3n) is 3.59. The van der Waals surface area contributed by atoms with Gasteiger partial charge in [0.05, 0.1) is 0 Å². The molecule has 0 N–H and O–H groups in total. The molecule has 1 saturated heterocycles. The SMILES string of the molecule is CC1(C)C2CCCC1OC(=O)C2. The minimum absolute atomic E-state index is 0.0176. The van der Waals surface area contributed by atoms with Crippen LogP contribution in [-0.2, 0) is 9.53 Å². The van der Waals surface area contributed by atoms with Crippen molar-refractivity contribution in [2.75, 3.05) is 0 Å². The Bertz CT molecular complexity index is 190. The standard InChI is InChI=1S/C10H16O2/c1-10(2)7-4-3-5-8(10)12-9(11)6-7/h7-8H,3-6H2,1-2H3. The molecule has 0 spiro atoms. The van der Waals surface area contributed by atoms with Crippen LogP contribution >= 0.6 is 0 Å². The van der Waals surface area contributed by atoms with E-state index in [1.807, 2.05) is 0 Å². The lowest BCUT2D eigenvalue weighted by Crippen LogP contribution is -2.48. The number of fused-ring (bicyclic) bond motifs is 2. The van der Waals surface area contributed by atoms with E-state index in [-0.39, 0.29) is 17.5 Å². The minimum atomic E-state index is 0.0176. The number of ether oxygens (including phenoxy) is 1. The molecule has 1 aliphatic carbocycles. The van der Waals surface area contributed by atoms with Crippen molar-refractivity contribution in [3.8, 4) is 0 Å². The van der Waals surface area contributed by atoms with Crippen molar-refractivity contribution in [3.63, 3.8) is 0 Å². The summed E-state index contributed by atoms with van der Waals surface area (Å²) in [4.78, 5) is 11.1. The topological polar surface area (TPSA) is 26.3 Å². The first-order valence-corrected chi connectivity index (χ1v) is 4.80. The van der Waals surface area contributed by atoms with E-state index in [2.05, 4.69) is 13.8 Å². The van der Waals surface area contributed by atoms with Gasteiger partial charge in [0.2, 0.25) is 0 Å². The molecule has 2 atom stereocenters. The van der Waals surface area contributed by atoms with E-state index in [9.17, 15) is 4.79 Å². The number of hydrogen-bond acceptors (Lipinski definition) is 2. The Morgan fingerprint density at radius 2 is 2.17 bits per heavy atom. The maximum Gasteiger partial charge on any atom is 0.306 e. The highest BCUT2D eigenvalue weighted by Crippen LogP contribution is 2.47. The van der Waals surface area contributed by atoms with Crippen molar-refractivity contribution in [1.29, 1.82) is 0 Å². The maximum atomic E-state index is 11.1. The summed E-state index contributed by atoms with van der Waals surface area (Å²) in [5.41, 5.74) is 0.228. The molecule has 1 heterocycles. The fourth-order valence-corrected chi connectivity index (χ4v) is 2.54. The third kappa shape index (κ3) is 1.05. The molecule has 2 rings (SSSR count). The molecule has 0 amide bonds. The van der Waals surface area contributed by atoms with Crippen LogP contribution < -0.4 is 0 Å². The van der Waals surface area contributed by atoms with Crippen LogP contribution in [0.3, 0.4) is 0 Å². The molecular weight excluding hydrogens is 152 g/mol. The van der Waals surface area contributed by atoms with Crippen LogP contribution in [0.5, 0.6) is 0 Å². The Labute approximate surface area is 73.3 Å². The van der Waals surface area contributed by atoms with Crippen LogP contribution in [0.1, 0.15) is 39.5 Å². The van der Waals surface area contributed by atoms with Gasteiger partial charge < -0.3 is 4.74 Å². The van der Waals surface area contributed by atoms with Gasteiger partial charge in [0.15, 0.2) is 0 Å². The van der Waals surface area contributed by atoms with Crippen LogP contribution in [0.15, 0.2) is 0 Å². The lowest BCUT2D eigenvalue weighted by atomic mass is 9.64. The molecule has 1 aliphatic heterocycles. The largest absolute Gasteiger partial charge is 0.462 e. The molecule has 2 aliphatic rings. The zero-order valence-corrected chi connectivity index (χ0v) is 7.80. The van der Waals surface area contributed by atoms with Crippen molar-refractivity contribution >= 4 is 5.97 Å². The fourth-order valence-electron chi connectivity index (χ4n) is 2.54. The van der Waals surface area contributed by atoms with Gasteiger partial charge in [-0.15, -0.1) is 0 Å². The number of hydrogen-bond donors (Lipinski definition) is 0. The second-order valence-electron chi connectivity index (χ2n) is 4.63. The van der Waals surface area contributed by atoms with Gasteiger partial charge in [-0.05, 0) is 25.2 Å². The van der Waals surface area contributed by atoms with Crippen LogP contribution in [0.4, 0.5) is 0 Å². The normalized spacial score (nSPS) is 39.0. The smallest absolute Gasteiger partial charge is 0.306 e. The average molecular weight is 168 g/mol. The highest BCUT2D eigenvalue weighted by Gasteiger charge is 2.46. The number of carbonyl (C=O) groups is 1. The molecule has 12 heavy (non-hydrogen) atoms. The van der Waals surface area contributed by atoms with Crippen LogP contribution in [0.2, 0.25) is 0 Å². The van der Waals surface area contributed by atoms with Gasteiger partial charge in [-0.2, -0.15) is 0 Å². The molecule has 0 aromatic carbocycles. The molecule has 0 aromatic rings. The van der Waals surface area contributed by atoms with Gasteiger partial charge >= 0.3 is 5.97 Å². The summed E-state index contributed by atoms with van der Waals surface area (Å²) in [6.07, 6.45) is 4.33. The molecule has 1 saturated carbocycles. The summed E-state index contributed by atoms with van der Waals surface area (Å²) < 4.78 is 5.33. The summed E-state index contributed by atoms with van der Waals surface area (Å²) in [7, 11) is 0. The third-order valence-corrected chi connectivity index (χ3v) is 3.59. The van der Waals surface area contributed by atoms with Crippen LogP contribution in [-0.4, -0.2) is 12.1 Å². The molecule has 2 fully saturated rings. The highest BCUT2D eigenvalue weighted by molar-refractivity contribution is 5.71. The first kappa shape index (κ1) is 8.09. The molecular formula is C10H16O2. The van der Waals surface area contributed by atoms with E-state index in [4.69, 9.17) is 4.74 Å². The van der Waals surface area contributed by atoms with Gasteiger partial charge in [-0.3, -0.25) is 4.79 Å². The summed E-state index contributed by atoms with van der Waals surface area (Å²) >= 11 is 0.